The summed E-state index contributed by atoms with van der Waals surface area (Å²) in [5, 5.41) is 32.2. The number of cyclic esters (lactones) is 1. The van der Waals surface area contributed by atoms with Gasteiger partial charge < -0.3 is 30.5 Å². The second-order valence-corrected chi connectivity index (χ2v) is 11.3. The van der Waals surface area contributed by atoms with Crippen LogP contribution in [0.15, 0.2) is 48.6 Å². The highest BCUT2D eigenvalue weighted by molar-refractivity contribution is 5.70. The largest absolute Gasteiger partial charge is 0.462 e. The van der Waals surface area contributed by atoms with Crippen molar-refractivity contribution in [1.82, 2.24) is 0 Å². The zero-order valence-electron chi connectivity index (χ0n) is 24.5. The minimum atomic E-state index is -0.877. The maximum Gasteiger partial charge on any atom is 0.404 e. The van der Waals surface area contributed by atoms with E-state index in [1.54, 1.807) is 24.3 Å². The molecule has 222 valence electrons. The van der Waals surface area contributed by atoms with E-state index in [0.29, 0.717) is 19.3 Å². The zero-order chi connectivity index (χ0) is 29.7. The maximum atomic E-state index is 11.5. The maximum absolute atomic E-state index is 11.5. The third-order valence-corrected chi connectivity index (χ3v) is 7.58. The molecule has 5 N–H and O–H groups in total. The normalized spacial score (nSPS) is 23.8. The Hall–Kier alpha value is -2.42. The second kappa shape index (κ2) is 17.3. The van der Waals surface area contributed by atoms with Crippen molar-refractivity contribution in [3.8, 4) is 0 Å². The molecule has 8 heteroatoms. The van der Waals surface area contributed by atoms with Gasteiger partial charge in [-0.25, -0.2) is 4.79 Å². The highest BCUT2D eigenvalue weighted by Gasteiger charge is 2.33. The number of esters is 1. The molecule has 0 aromatic carbocycles. The van der Waals surface area contributed by atoms with Crippen LogP contribution >= 0.6 is 0 Å². The highest BCUT2D eigenvalue weighted by Crippen LogP contribution is 2.29. The van der Waals surface area contributed by atoms with Crippen LogP contribution in [0.3, 0.4) is 0 Å². The van der Waals surface area contributed by atoms with Crippen molar-refractivity contribution < 1.29 is 34.4 Å². The zero-order valence-corrected chi connectivity index (χ0v) is 24.5. The Labute approximate surface area is 234 Å². The summed E-state index contributed by atoms with van der Waals surface area (Å²) in [7, 11) is 0. The Balaban J connectivity index is 2.71. The van der Waals surface area contributed by atoms with Gasteiger partial charge in [-0.15, -0.1) is 0 Å². The van der Waals surface area contributed by atoms with Gasteiger partial charge in [-0.05, 0) is 32.1 Å². The number of aliphatic hydroxyl groups excluding tert-OH is 3. The lowest BCUT2D eigenvalue weighted by atomic mass is 9.81. The summed E-state index contributed by atoms with van der Waals surface area (Å²) in [5.74, 6) is -1.22. The van der Waals surface area contributed by atoms with Crippen molar-refractivity contribution in [2.75, 3.05) is 0 Å². The van der Waals surface area contributed by atoms with Gasteiger partial charge in [0.15, 0.2) is 0 Å². The number of primary amides is 1. The molecule has 1 saturated heterocycles. The summed E-state index contributed by atoms with van der Waals surface area (Å²) < 4.78 is 10.6. The van der Waals surface area contributed by atoms with Gasteiger partial charge in [-0.1, -0.05) is 83.2 Å². The van der Waals surface area contributed by atoms with E-state index in [1.807, 2.05) is 53.7 Å². The van der Waals surface area contributed by atoms with Crippen LogP contribution in [0.1, 0.15) is 73.6 Å². The summed E-state index contributed by atoms with van der Waals surface area (Å²) in [6, 6.07) is 0. The lowest BCUT2D eigenvalue weighted by Gasteiger charge is -2.33. The quantitative estimate of drug-likeness (QED) is 0.123. The van der Waals surface area contributed by atoms with Gasteiger partial charge in [0, 0.05) is 36.5 Å². The number of rotatable bonds is 16. The molecule has 0 bridgehead atoms. The molecular formula is C31H51NO7. The molecule has 0 aromatic heterocycles. The fraction of sp³-hybridized carbons (Fsp3) is 0.677. The van der Waals surface area contributed by atoms with E-state index < -0.39 is 30.5 Å². The number of ether oxygens (including phenoxy) is 2. The van der Waals surface area contributed by atoms with Crippen LogP contribution in [0.25, 0.3) is 0 Å². The SMILES string of the molecule is C=CC=CC(C)C(OC(N)=O)C(C)C(O)C(C)CC(C)=CC(C)C(O)C(C)C=CC(O)C[C@H]1CCCC(=O)O1. The van der Waals surface area contributed by atoms with Crippen LogP contribution in [0.4, 0.5) is 4.79 Å². The molecule has 1 heterocycles. The van der Waals surface area contributed by atoms with Crippen molar-refractivity contribution >= 4 is 12.1 Å². The molecular weight excluding hydrogens is 498 g/mol. The summed E-state index contributed by atoms with van der Waals surface area (Å²) in [5.41, 5.74) is 6.32. The van der Waals surface area contributed by atoms with Crippen LogP contribution in [0, 0.1) is 29.6 Å². The lowest BCUT2D eigenvalue weighted by molar-refractivity contribution is -0.154. The van der Waals surface area contributed by atoms with Crippen LogP contribution in [0.5, 0.6) is 0 Å². The Morgan fingerprint density at radius 1 is 1.08 bits per heavy atom. The van der Waals surface area contributed by atoms with E-state index in [4.69, 9.17) is 15.2 Å². The average Bonchev–Trinajstić information content (AvgIpc) is 2.87. The first-order chi connectivity index (χ1) is 18.3. The van der Waals surface area contributed by atoms with Crippen molar-refractivity contribution in [2.24, 2.45) is 35.3 Å². The molecule has 0 radical (unpaired) electrons. The molecule has 0 spiro atoms. The van der Waals surface area contributed by atoms with Gasteiger partial charge in [-0.3, -0.25) is 4.79 Å². The number of nitrogens with two attached hydrogens (primary N) is 1. The number of allylic oxidation sites excluding steroid dienone is 3. The van der Waals surface area contributed by atoms with E-state index >= 15 is 0 Å². The van der Waals surface area contributed by atoms with Crippen molar-refractivity contribution in [2.45, 2.75) is 104 Å². The van der Waals surface area contributed by atoms with Gasteiger partial charge in [0.2, 0.25) is 0 Å². The molecule has 1 amide bonds. The number of hydrogen-bond acceptors (Lipinski definition) is 7. The molecule has 9 unspecified atom stereocenters. The molecule has 0 aliphatic carbocycles. The summed E-state index contributed by atoms with van der Waals surface area (Å²) in [4.78, 5) is 22.9. The molecule has 8 nitrogen and oxygen atoms in total. The van der Waals surface area contributed by atoms with Crippen LogP contribution in [-0.4, -0.2) is 57.9 Å². The first kappa shape index (κ1) is 34.6. The van der Waals surface area contributed by atoms with E-state index in [1.165, 1.54) is 0 Å². The number of amides is 1. The van der Waals surface area contributed by atoms with Crippen LogP contribution in [-0.2, 0) is 14.3 Å². The molecule has 1 aliphatic heterocycles. The minimum absolute atomic E-state index is 0.128. The molecule has 0 saturated carbocycles. The fourth-order valence-corrected chi connectivity index (χ4v) is 5.34. The summed E-state index contributed by atoms with van der Waals surface area (Å²) in [6.07, 6.45) is 9.78. The molecule has 1 rings (SSSR count). The number of carbonyl (C=O) groups excluding carboxylic acids is 2. The molecule has 39 heavy (non-hydrogen) atoms. The van der Waals surface area contributed by atoms with Gasteiger partial charge in [-0.2, -0.15) is 0 Å². The molecule has 1 fully saturated rings. The molecule has 10 atom stereocenters. The third kappa shape index (κ3) is 12.5. The van der Waals surface area contributed by atoms with Gasteiger partial charge >= 0.3 is 12.1 Å². The number of carbonyl (C=O) groups is 2. The fourth-order valence-electron chi connectivity index (χ4n) is 5.34. The smallest absolute Gasteiger partial charge is 0.404 e. The predicted octanol–water partition coefficient (Wildman–Crippen LogP) is 4.83. The second-order valence-electron chi connectivity index (χ2n) is 11.3. The van der Waals surface area contributed by atoms with Crippen LogP contribution < -0.4 is 5.73 Å². The third-order valence-electron chi connectivity index (χ3n) is 7.58. The molecule has 0 aromatic rings. The van der Waals surface area contributed by atoms with Crippen molar-refractivity contribution in [3.05, 3.63) is 48.6 Å². The van der Waals surface area contributed by atoms with E-state index in [2.05, 4.69) is 6.58 Å². The standard InChI is InChI=1S/C31H51NO7/c1-8-9-11-21(4)30(39-31(32)37)24(7)29(36)23(6)17-19(2)16-22(5)28(35)20(3)14-15-25(33)18-26-12-10-13-27(34)38-26/h8-9,11,14-16,20-26,28-30,33,35-36H,1,10,12-13,17-18H2,2-7H3,(H2,32,37)/t20?,21?,22?,23?,24?,25?,26-,28?,29?,30?/m1/s1. The minimum Gasteiger partial charge on any atom is -0.462 e. The van der Waals surface area contributed by atoms with Crippen LogP contribution in [0.2, 0.25) is 0 Å². The monoisotopic (exact) mass is 549 g/mol. The van der Waals surface area contributed by atoms with Gasteiger partial charge in [0.25, 0.3) is 0 Å². The van der Waals surface area contributed by atoms with E-state index in [0.717, 1.165) is 18.4 Å². The highest BCUT2D eigenvalue weighted by atomic mass is 16.6. The predicted molar refractivity (Wildman–Crippen MR) is 153 cm³/mol. The Bertz CT molecular complexity index is 867. The van der Waals surface area contributed by atoms with Gasteiger partial charge in [0.1, 0.15) is 12.2 Å². The Kier molecular flexibility index (Phi) is 15.4. The number of aliphatic hydroxyl groups is 3. The van der Waals surface area contributed by atoms with E-state index in [-0.39, 0.29) is 41.7 Å². The summed E-state index contributed by atoms with van der Waals surface area (Å²) in [6.45, 7) is 15.1. The van der Waals surface area contributed by atoms with E-state index in [9.17, 15) is 24.9 Å². The van der Waals surface area contributed by atoms with Crippen molar-refractivity contribution in [3.63, 3.8) is 0 Å². The average molecular weight is 550 g/mol. The first-order valence-electron chi connectivity index (χ1n) is 14.1. The first-order valence-corrected chi connectivity index (χ1v) is 14.1. The lowest BCUT2D eigenvalue weighted by Crippen LogP contribution is -2.41. The topological polar surface area (TPSA) is 139 Å². The Morgan fingerprint density at radius 2 is 1.74 bits per heavy atom. The van der Waals surface area contributed by atoms with Crippen molar-refractivity contribution in [1.29, 1.82) is 0 Å². The Morgan fingerprint density at radius 3 is 2.33 bits per heavy atom. The summed E-state index contributed by atoms with van der Waals surface area (Å²) >= 11 is 0. The number of hydrogen-bond donors (Lipinski definition) is 4. The molecule has 1 aliphatic rings. The van der Waals surface area contributed by atoms with Gasteiger partial charge in [0.05, 0.1) is 18.3 Å².